The molecule has 0 bridgehead atoms. The van der Waals surface area contributed by atoms with E-state index in [9.17, 15) is 4.79 Å². The van der Waals surface area contributed by atoms with E-state index in [-0.39, 0.29) is 18.2 Å². The number of benzene rings is 1. The van der Waals surface area contributed by atoms with Gasteiger partial charge in [-0.2, -0.15) is 0 Å². The number of carbonyl (C=O) groups is 1. The second-order valence-corrected chi connectivity index (χ2v) is 5.26. The van der Waals surface area contributed by atoms with Gasteiger partial charge < -0.3 is 15.4 Å². The van der Waals surface area contributed by atoms with Gasteiger partial charge in [-0.15, -0.1) is 0 Å². The first kappa shape index (κ1) is 14.2. The second-order valence-electron chi connectivity index (χ2n) is 4.85. The number of halogens is 1. The Balaban J connectivity index is 1.91. The lowest BCUT2D eigenvalue weighted by atomic mass is 10.1. The van der Waals surface area contributed by atoms with Crippen LogP contribution in [-0.2, 0) is 4.74 Å². The summed E-state index contributed by atoms with van der Waals surface area (Å²) in [5.41, 5.74) is 1.59. The second kappa shape index (κ2) is 6.26. The number of hydrogen-bond donors (Lipinski definition) is 2. The Hall–Kier alpha value is -1.26. The van der Waals surface area contributed by atoms with Crippen LogP contribution in [0.5, 0.6) is 0 Å². The lowest BCUT2D eigenvalue weighted by Gasteiger charge is -2.20. The van der Waals surface area contributed by atoms with Gasteiger partial charge in [0.1, 0.15) is 0 Å². The van der Waals surface area contributed by atoms with Crippen molar-refractivity contribution >= 4 is 23.3 Å². The minimum atomic E-state index is -0.228. The molecule has 1 fully saturated rings. The van der Waals surface area contributed by atoms with Crippen LogP contribution in [-0.4, -0.2) is 24.8 Å². The lowest BCUT2D eigenvalue weighted by molar-refractivity contribution is 0.0868. The molecule has 2 atom stereocenters. The van der Waals surface area contributed by atoms with Crippen molar-refractivity contribution in [2.24, 2.45) is 0 Å². The molecule has 4 nitrogen and oxygen atoms in total. The molecule has 0 spiro atoms. The van der Waals surface area contributed by atoms with E-state index < -0.39 is 0 Å². The average Bonchev–Trinajstić information content (AvgIpc) is 2.88. The fraction of sp³-hybridized carbons (Fsp3) is 0.500. The monoisotopic (exact) mass is 282 g/mol. The summed E-state index contributed by atoms with van der Waals surface area (Å²) in [6, 6.07) is 5.22. The van der Waals surface area contributed by atoms with E-state index in [1.54, 1.807) is 6.07 Å². The molecule has 0 aromatic heterocycles. The van der Waals surface area contributed by atoms with Crippen molar-refractivity contribution in [2.45, 2.75) is 38.8 Å². The van der Waals surface area contributed by atoms with Crippen molar-refractivity contribution in [1.29, 1.82) is 0 Å². The average molecular weight is 283 g/mol. The highest BCUT2D eigenvalue weighted by Crippen LogP contribution is 2.23. The van der Waals surface area contributed by atoms with Gasteiger partial charge in [-0.05, 0) is 44.4 Å². The number of anilines is 1. The summed E-state index contributed by atoms with van der Waals surface area (Å²) in [6.45, 7) is 4.62. The number of carbonyl (C=O) groups excluding carboxylic acids is 1. The Morgan fingerprint density at radius 1 is 1.53 bits per heavy atom. The molecule has 19 heavy (non-hydrogen) atoms. The van der Waals surface area contributed by atoms with Gasteiger partial charge in [0, 0.05) is 17.3 Å². The summed E-state index contributed by atoms with van der Waals surface area (Å²) < 4.78 is 5.55. The molecule has 1 aliphatic heterocycles. The van der Waals surface area contributed by atoms with Gasteiger partial charge in [0.25, 0.3) is 0 Å². The van der Waals surface area contributed by atoms with Gasteiger partial charge in [-0.25, -0.2) is 4.79 Å². The minimum Gasteiger partial charge on any atom is -0.376 e. The van der Waals surface area contributed by atoms with E-state index >= 15 is 0 Å². The summed E-state index contributed by atoms with van der Waals surface area (Å²) in [5.74, 6) is 0. The smallest absolute Gasteiger partial charge is 0.319 e. The third-order valence-corrected chi connectivity index (χ3v) is 3.81. The fourth-order valence-corrected chi connectivity index (χ4v) is 2.37. The summed E-state index contributed by atoms with van der Waals surface area (Å²) in [4.78, 5) is 11.9. The predicted molar refractivity (Wildman–Crippen MR) is 76.8 cm³/mol. The highest BCUT2D eigenvalue weighted by Gasteiger charge is 2.23. The molecule has 0 unspecified atom stereocenters. The summed E-state index contributed by atoms with van der Waals surface area (Å²) in [6.07, 6.45) is 2.18. The molecule has 0 aliphatic carbocycles. The maximum atomic E-state index is 11.9. The van der Waals surface area contributed by atoms with Crippen LogP contribution >= 0.6 is 11.6 Å². The Bertz CT molecular complexity index is 459. The predicted octanol–water partition coefficient (Wildman–Crippen LogP) is 3.34. The minimum absolute atomic E-state index is 0.00184. The lowest BCUT2D eigenvalue weighted by Crippen LogP contribution is -2.43. The Morgan fingerprint density at radius 3 is 3.00 bits per heavy atom. The van der Waals surface area contributed by atoms with E-state index in [0.717, 1.165) is 30.7 Å². The van der Waals surface area contributed by atoms with Gasteiger partial charge >= 0.3 is 6.03 Å². The standard InChI is InChI=1S/C14H19ClN2O2/c1-9-11(15)5-3-6-12(9)17-14(18)16-10(2)13-7-4-8-19-13/h3,5-6,10,13H,4,7-8H2,1-2H3,(H2,16,17,18)/t10-,13+/m1/s1. The Morgan fingerprint density at radius 2 is 2.32 bits per heavy atom. The Kier molecular flexibility index (Phi) is 4.66. The van der Waals surface area contributed by atoms with Gasteiger partial charge in [0.2, 0.25) is 0 Å². The van der Waals surface area contributed by atoms with E-state index in [0.29, 0.717) is 5.02 Å². The van der Waals surface area contributed by atoms with E-state index in [1.807, 2.05) is 26.0 Å². The quantitative estimate of drug-likeness (QED) is 0.893. The molecule has 1 aromatic carbocycles. The molecule has 1 aliphatic rings. The van der Waals surface area contributed by atoms with Gasteiger partial charge in [-0.3, -0.25) is 0 Å². The number of rotatable bonds is 3. The van der Waals surface area contributed by atoms with Crippen LogP contribution in [0.3, 0.4) is 0 Å². The summed E-state index contributed by atoms with van der Waals surface area (Å²) in [5, 5.41) is 6.36. The van der Waals surface area contributed by atoms with Crippen LogP contribution in [0.4, 0.5) is 10.5 Å². The highest BCUT2D eigenvalue weighted by atomic mass is 35.5. The van der Waals surface area contributed by atoms with Gasteiger partial charge in [-0.1, -0.05) is 17.7 Å². The first-order valence-corrected chi connectivity index (χ1v) is 6.90. The molecule has 5 heteroatoms. The number of ether oxygens (including phenoxy) is 1. The van der Waals surface area contributed by atoms with Crippen molar-refractivity contribution in [3.8, 4) is 0 Å². The molecule has 1 heterocycles. The molecule has 0 saturated carbocycles. The van der Waals surface area contributed by atoms with Crippen molar-refractivity contribution in [3.63, 3.8) is 0 Å². The molecule has 0 radical (unpaired) electrons. The normalized spacial score (nSPS) is 20.1. The van der Waals surface area contributed by atoms with Crippen LogP contribution in [0.2, 0.25) is 5.02 Å². The number of hydrogen-bond acceptors (Lipinski definition) is 2. The van der Waals surface area contributed by atoms with E-state index in [4.69, 9.17) is 16.3 Å². The van der Waals surface area contributed by atoms with Gasteiger partial charge in [0.05, 0.1) is 12.1 Å². The highest BCUT2D eigenvalue weighted by molar-refractivity contribution is 6.31. The molecule has 2 amide bonds. The van der Waals surface area contributed by atoms with Crippen molar-refractivity contribution in [1.82, 2.24) is 5.32 Å². The molecule has 104 valence electrons. The zero-order valence-electron chi connectivity index (χ0n) is 11.2. The molecular formula is C14H19ClN2O2. The topological polar surface area (TPSA) is 50.4 Å². The third kappa shape index (κ3) is 3.61. The molecule has 1 aromatic rings. The van der Waals surface area contributed by atoms with E-state index in [2.05, 4.69) is 10.6 Å². The number of amides is 2. The largest absolute Gasteiger partial charge is 0.376 e. The van der Waals surface area contributed by atoms with Crippen molar-refractivity contribution < 1.29 is 9.53 Å². The zero-order valence-corrected chi connectivity index (χ0v) is 12.0. The zero-order chi connectivity index (χ0) is 13.8. The van der Waals surface area contributed by atoms with Crippen LogP contribution in [0.25, 0.3) is 0 Å². The molecular weight excluding hydrogens is 264 g/mol. The van der Waals surface area contributed by atoms with Crippen LogP contribution in [0.15, 0.2) is 18.2 Å². The molecule has 1 saturated heterocycles. The molecule has 2 rings (SSSR count). The maximum absolute atomic E-state index is 11.9. The fourth-order valence-electron chi connectivity index (χ4n) is 2.20. The maximum Gasteiger partial charge on any atom is 0.319 e. The van der Waals surface area contributed by atoms with Crippen LogP contribution in [0, 0.1) is 6.92 Å². The third-order valence-electron chi connectivity index (χ3n) is 3.40. The van der Waals surface area contributed by atoms with Gasteiger partial charge in [0.15, 0.2) is 0 Å². The summed E-state index contributed by atoms with van der Waals surface area (Å²) in [7, 11) is 0. The first-order valence-electron chi connectivity index (χ1n) is 6.52. The number of urea groups is 1. The first-order chi connectivity index (χ1) is 9.08. The van der Waals surface area contributed by atoms with Crippen molar-refractivity contribution in [3.05, 3.63) is 28.8 Å². The van der Waals surface area contributed by atoms with Crippen molar-refractivity contribution in [2.75, 3.05) is 11.9 Å². The summed E-state index contributed by atoms with van der Waals surface area (Å²) >= 11 is 6.01. The van der Waals surface area contributed by atoms with E-state index in [1.165, 1.54) is 0 Å². The number of nitrogens with one attached hydrogen (secondary N) is 2. The Labute approximate surface area is 118 Å². The molecule has 2 N–H and O–H groups in total. The SMILES string of the molecule is Cc1c(Cl)cccc1NC(=O)N[C@H](C)[C@@H]1CCCO1. The van der Waals surface area contributed by atoms with Crippen LogP contribution in [0.1, 0.15) is 25.3 Å². The van der Waals surface area contributed by atoms with Crippen LogP contribution < -0.4 is 10.6 Å².